The lowest BCUT2D eigenvalue weighted by Gasteiger charge is -2.21. The largest absolute Gasteiger partial charge is 0.462 e. The first-order valence-electron chi connectivity index (χ1n) is 7.53. The Labute approximate surface area is 124 Å². The van der Waals surface area contributed by atoms with Gasteiger partial charge in [-0.1, -0.05) is 32.1 Å². The lowest BCUT2D eigenvalue weighted by molar-refractivity contribution is 0.0533. The Morgan fingerprint density at radius 1 is 1.35 bits per heavy atom. The number of thiophene rings is 1. The maximum atomic E-state index is 11.8. The second-order valence-electron chi connectivity index (χ2n) is 5.30. The van der Waals surface area contributed by atoms with Crippen LogP contribution in [0.1, 0.15) is 61.5 Å². The number of hydrogen-bond donors (Lipinski definition) is 2. The van der Waals surface area contributed by atoms with Crippen molar-refractivity contribution in [3.63, 3.8) is 0 Å². The zero-order chi connectivity index (χ0) is 14.4. The van der Waals surface area contributed by atoms with E-state index >= 15 is 0 Å². The number of ether oxygens (including phenoxy) is 1. The number of nitrogens with one attached hydrogen (secondary N) is 1. The minimum absolute atomic E-state index is 0.319. The van der Waals surface area contributed by atoms with Crippen LogP contribution < -0.4 is 11.1 Å². The normalized spacial score (nSPS) is 17.2. The van der Waals surface area contributed by atoms with E-state index in [9.17, 15) is 4.79 Å². The zero-order valence-electron chi connectivity index (χ0n) is 12.1. The molecule has 0 atom stereocenters. The molecule has 1 aliphatic carbocycles. The molecule has 0 saturated heterocycles. The summed E-state index contributed by atoms with van der Waals surface area (Å²) in [6.45, 7) is 2.18. The van der Waals surface area contributed by atoms with E-state index in [1.807, 2.05) is 6.07 Å². The fraction of sp³-hybridized carbons (Fsp3) is 0.667. The Morgan fingerprint density at radius 3 is 2.65 bits per heavy atom. The third kappa shape index (κ3) is 4.13. The monoisotopic (exact) mass is 296 g/mol. The fourth-order valence-electron chi connectivity index (χ4n) is 2.63. The lowest BCUT2D eigenvalue weighted by atomic mass is 9.97. The van der Waals surface area contributed by atoms with Crippen molar-refractivity contribution in [2.45, 2.75) is 57.9 Å². The highest BCUT2D eigenvalue weighted by atomic mass is 32.1. The maximum absolute atomic E-state index is 11.8. The second kappa shape index (κ2) is 7.53. The van der Waals surface area contributed by atoms with Crippen molar-refractivity contribution in [3.8, 4) is 0 Å². The van der Waals surface area contributed by atoms with Crippen LogP contribution in [-0.2, 0) is 4.74 Å². The van der Waals surface area contributed by atoms with Gasteiger partial charge in [0.1, 0.15) is 4.88 Å². The molecule has 5 heteroatoms. The predicted octanol–water partition coefficient (Wildman–Crippen LogP) is 4.03. The van der Waals surface area contributed by atoms with Gasteiger partial charge in [0.2, 0.25) is 0 Å². The number of esters is 1. The number of hydrogen-bond acceptors (Lipinski definition) is 5. The Hall–Kier alpha value is -1.23. The van der Waals surface area contributed by atoms with E-state index in [0.29, 0.717) is 23.2 Å². The molecule has 3 N–H and O–H groups in total. The summed E-state index contributed by atoms with van der Waals surface area (Å²) in [5.74, 6) is -0.319. The summed E-state index contributed by atoms with van der Waals surface area (Å²) in [6.07, 6.45) is 8.99. The highest BCUT2D eigenvalue weighted by Gasteiger charge is 2.18. The number of carbonyl (C=O) groups is 1. The van der Waals surface area contributed by atoms with E-state index < -0.39 is 0 Å². The van der Waals surface area contributed by atoms with E-state index in [0.717, 1.165) is 5.00 Å². The number of nitrogen functional groups attached to an aromatic ring is 1. The molecular formula is C15H24N2O2S. The van der Waals surface area contributed by atoms with Gasteiger partial charge < -0.3 is 15.8 Å². The molecule has 1 fully saturated rings. The van der Waals surface area contributed by atoms with Crippen molar-refractivity contribution in [2.24, 2.45) is 0 Å². The quantitative estimate of drug-likeness (QED) is 0.823. The first kappa shape index (κ1) is 15.2. The van der Waals surface area contributed by atoms with E-state index in [4.69, 9.17) is 10.5 Å². The molecule has 4 nitrogen and oxygen atoms in total. The van der Waals surface area contributed by atoms with E-state index in [1.54, 1.807) is 6.92 Å². The summed E-state index contributed by atoms with van der Waals surface area (Å²) < 4.78 is 5.01. The minimum atomic E-state index is -0.319. The van der Waals surface area contributed by atoms with Gasteiger partial charge in [-0.2, -0.15) is 0 Å². The molecule has 0 aromatic carbocycles. The van der Waals surface area contributed by atoms with Crippen LogP contribution in [-0.4, -0.2) is 18.6 Å². The summed E-state index contributed by atoms with van der Waals surface area (Å²) in [4.78, 5) is 12.3. The van der Waals surface area contributed by atoms with Gasteiger partial charge in [0, 0.05) is 6.04 Å². The molecule has 1 aromatic heterocycles. The summed E-state index contributed by atoms with van der Waals surface area (Å²) in [5.41, 5.74) is 6.42. The molecule has 1 aliphatic rings. The van der Waals surface area contributed by atoms with Crippen molar-refractivity contribution in [2.75, 3.05) is 17.7 Å². The van der Waals surface area contributed by atoms with Crippen LogP contribution in [0.5, 0.6) is 0 Å². The van der Waals surface area contributed by atoms with Gasteiger partial charge in [-0.25, -0.2) is 4.79 Å². The Balaban J connectivity index is 1.98. The van der Waals surface area contributed by atoms with Crippen LogP contribution in [0.15, 0.2) is 6.07 Å². The summed E-state index contributed by atoms with van der Waals surface area (Å²) in [5, 5.41) is 4.52. The Morgan fingerprint density at radius 2 is 2.00 bits per heavy atom. The highest BCUT2D eigenvalue weighted by Crippen LogP contribution is 2.31. The average molecular weight is 296 g/mol. The fourth-order valence-corrected chi connectivity index (χ4v) is 3.58. The molecule has 0 aliphatic heterocycles. The maximum Gasteiger partial charge on any atom is 0.350 e. The van der Waals surface area contributed by atoms with E-state index in [1.165, 1.54) is 56.3 Å². The predicted molar refractivity (Wildman–Crippen MR) is 84.4 cm³/mol. The minimum Gasteiger partial charge on any atom is -0.462 e. The van der Waals surface area contributed by atoms with Gasteiger partial charge >= 0.3 is 5.97 Å². The van der Waals surface area contributed by atoms with Crippen molar-refractivity contribution in [1.82, 2.24) is 0 Å². The van der Waals surface area contributed by atoms with Gasteiger partial charge in [0.05, 0.1) is 17.3 Å². The molecule has 0 amide bonds. The Kier molecular flexibility index (Phi) is 5.71. The van der Waals surface area contributed by atoms with Gasteiger partial charge in [0.15, 0.2) is 0 Å². The van der Waals surface area contributed by atoms with Crippen LogP contribution in [0, 0.1) is 0 Å². The molecule has 20 heavy (non-hydrogen) atoms. The van der Waals surface area contributed by atoms with E-state index in [-0.39, 0.29) is 5.97 Å². The van der Waals surface area contributed by atoms with Crippen LogP contribution in [0.4, 0.5) is 10.7 Å². The standard InChI is InChI=1S/C15H24N2O2S/c1-2-19-15(18)14-12(16)10-13(20-14)17-11-8-6-4-3-5-7-9-11/h10-11,17H,2-9,16H2,1H3. The molecule has 1 aromatic rings. The molecule has 1 saturated carbocycles. The van der Waals surface area contributed by atoms with Gasteiger partial charge in [0.25, 0.3) is 0 Å². The van der Waals surface area contributed by atoms with Crippen LogP contribution in [0.2, 0.25) is 0 Å². The number of rotatable bonds is 4. The molecule has 0 spiro atoms. The van der Waals surface area contributed by atoms with Crippen LogP contribution >= 0.6 is 11.3 Å². The number of carbonyl (C=O) groups excluding carboxylic acids is 1. The molecule has 112 valence electrons. The highest BCUT2D eigenvalue weighted by molar-refractivity contribution is 7.18. The molecule has 1 heterocycles. The molecule has 0 bridgehead atoms. The third-order valence-corrected chi connectivity index (χ3v) is 4.74. The SMILES string of the molecule is CCOC(=O)c1sc(NC2CCCCCCC2)cc1N. The summed E-state index contributed by atoms with van der Waals surface area (Å²) in [6, 6.07) is 2.36. The number of anilines is 2. The smallest absolute Gasteiger partial charge is 0.350 e. The third-order valence-electron chi connectivity index (χ3n) is 3.67. The van der Waals surface area contributed by atoms with Crippen molar-refractivity contribution < 1.29 is 9.53 Å². The first-order chi connectivity index (χ1) is 9.70. The van der Waals surface area contributed by atoms with Crippen LogP contribution in [0.3, 0.4) is 0 Å². The molecule has 0 radical (unpaired) electrons. The molecule has 0 unspecified atom stereocenters. The summed E-state index contributed by atoms with van der Waals surface area (Å²) in [7, 11) is 0. The topological polar surface area (TPSA) is 64.3 Å². The first-order valence-corrected chi connectivity index (χ1v) is 8.35. The second-order valence-corrected chi connectivity index (χ2v) is 6.35. The molecule has 2 rings (SSSR count). The molecular weight excluding hydrogens is 272 g/mol. The van der Waals surface area contributed by atoms with Crippen molar-refractivity contribution >= 4 is 28.0 Å². The Bertz CT molecular complexity index is 437. The number of nitrogens with two attached hydrogens (primary N) is 1. The van der Waals surface area contributed by atoms with Crippen molar-refractivity contribution in [1.29, 1.82) is 0 Å². The van der Waals surface area contributed by atoms with Gasteiger partial charge in [-0.3, -0.25) is 0 Å². The van der Waals surface area contributed by atoms with Gasteiger partial charge in [-0.15, -0.1) is 11.3 Å². The van der Waals surface area contributed by atoms with E-state index in [2.05, 4.69) is 5.32 Å². The van der Waals surface area contributed by atoms with Crippen LogP contribution in [0.25, 0.3) is 0 Å². The van der Waals surface area contributed by atoms with Crippen molar-refractivity contribution in [3.05, 3.63) is 10.9 Å². The lowest BCUT2D eigenvalue weighted by Crippen LogP contribution is -2.19. The van der Waals surface area contributed by atoms with Gasteiger partial charge in [-0.05, 0) is 25.8 Å². The zero-order valence-corrected chi connectivity index (χ0v) is 12.9. The summed E-state index contributed by atoms with van der Waals surface area (Å²) >= 11 is 1.40. The average Bonchev–Trinajstić information content (AvgIpc) is 2.74.